The second-order valence-corrected chi connectivity index (χ2v) is 4.68. The predicted octanol–water partition coefficient (Wildman–Crippen LogP) is 2.79. The molecule has 1 aliphatic carbocycles. The van der Waals surface area contributed by atoms with E-state index in [1.54, 1.807) is 12.1 Å². The molecule has 0 radical (unpaired) electrons. The zero-order valence-electron chi connectivity index (χ0n) is 9.50. The number of rotatable bonds is 4. The molecule has 4 heteroatoms. The first-order chi connectivity index (χ1) is 8.20. The quantitative estimate of drug-likeness (QED) is 0.811. The van der Waals surface area contributed by atoms with Crippen molar-refractivity contribution >= 4 is 11.6 Å². The monoisotopic (exact) mass is 254 g/mol. The molecule has 1 aromatic carbocycles. The average molecular weight is 255 g/mol. The Morgan fingerprint density at radius 1 is 1.41 bits per heavy atom. The number of nitrogens with two attached hydrogens (primary N) is 1. The van der Waals surface area contributed by atoms with E-state index in [4.69, 9.17) is 17.3 Å². The van der Waals surface area contributed by atoms with Crippen LogP contribution in [-0.2, 0) is 0 Å². The lowest BCUT2D eigenvalue weighted by Gasteiger charge is -2.22. The van der Waals surface area contributed by atoms with Gasteiger partial charge in [0.15, 0.2) is 0 Å². The highest BCUT2D eigenvalue weighted by molar-refractivity contribution is 6.30. The number of halogens is 2. The fraction of sp³-hybridized carbons (Fsp3) is 0.385. The summed E-state index contributed by atoms with van der Waals surface area (Å²) in [5.41, 5.74) is 6.69. The number of hydrogen-bond donors (Lipinski definition) is 2. The van der Waals surface area contributed by atoms with Gasteiger partial charge in [-0.15, -0.1) is 0 Å². The molecule has 17 heavy (non-hydrogen) atoms. The summed E-state index contributed by atoms with van der Waals surface area (Å²) in [4.78, 5) is 0. The summed E-state index contributed by atoms with van der Waals surface area (Å²) < 4.78 is 13.1. The Bertz CT molecular complexity index is 412. The summed E-state index contributed by atoms with van der Waals surface area (Å²) >= 11 is 5.78. The van der Waals surface area contributed by atoms with E-state index >= 15 is 0 Å². The fourth-order valence-electron chi connectivity index (χ4n) is 2.07. The van der Waals surface area contributed by atoms with Crippen molar-refractivity contribution in [2.45, 2.75) is 24.9 Å². The summed E-state index contributed by atoms with van der Waals surface area (Å²) in [5.74, 6) is -0.395. The molecule has 0 fully saturated rings. The van der Waals surface area contributed by atoms with Gasteiger partial charge in [0, 0.05) is 18.6 Å². The Balaban J connectivity index is 2.08. The Morgan fingerprint density at radius 3 is 2.71 bits per heavy atom. The maximum absolute atomic E-state index is 13.1. The molecule has 0 spiro atoms. The molecule has 0 aliphatic heterocycles. The Morgan fingerprint density at radius 2 is 2.12 bits per heavy atom. The minimum Gasteiger partial charge on any atom is -0.329 e. The SMILES string of the molecule is NCC(NC1CC=CC1)c1ccc(F)c(Cl)c1. The van der Waals surface area contributed by atoms with Gasteiger partial charge in [0.2, 0.25) is 0 Å². The van der Waals surface area contributed by atoms with Crippen molar-refractivity contribution in [3.05, 3.63) is 46.8 Å². The first-order valence-electron chi connectivity index (χ1n) is 5.76. The molecular formula is C13H16ClFN2. The van der Waals surface area contributed by atoms with Crippen molar-refractivity contribution in [3.8, 4) is 0 Å². The van der Waals surface area contributed by atoms with Gasteiger partial charge in [-0.05, 0) is 30.5 Å². The number of nitrogens with one attached hydrogen (secondary N) is 1. The molecular weight excluding hydrogens is 239 g/mol. The second kappa shape index (κ2) is 5.63. The van der Waals surface area contributed by atoms with Gasteiger partial charge < -0.3 is 11.1 Å². The topological polar surface area (TPSA) is 38.0 Å². The Kier molecular flexibility index (Phi) is 4.15. The van der Waals surface area contributed by atoms with Gasteiger partial charge in [-0.3, -0.25) is 0 Å². The van der Waals surface area contributed by atoms with E-state index in [0.29, 0.717) is 12.6 Å². The highest BCUT2D eigenvalue weighted by atomic mass is 35.5. The maximum Gasteiger partial charge on any atom is 0.141 e. The van der Waals surface area contributed by atoms with Crippen molar-refractivity contribution in [1.29, 1.82) is 0 Å². The van der Waals surface area contributed by atoms with Crippen LogP contribution in [0.15, 0.2) is 30.4 Å². The van der Waals surface area contributed by atoms with Crippen molar-refractivity contribution < 1.29 is 4.39 Å². The third-order valence-corrected chi connectivity index (χ3v) is 3.32. The van der Waals surface area contributed by atoms with Crippen LogP contribution in [0, 0.1) is 5.82 Å². The highest BCUT2D eigenvalue weighted by Gasteiger charge is 2.17. The predicted molar refractivity (Wildman–Crippen MR) is 68.5 cm³/mol. The van der Waals surface area contributed by atoms with Gasteiger partial charge in [0.25, 0.3) is 0 Å². The van der Waals surface area contributed by atoms with Gasteiger partial charge in [0.05, 0.1) is 5.02 Å². The Labute approximate surface area is 106 Å². The molecule has 0 saturated heterocycles. The van der Waals surface area contributed by atoms with Gasteiger partial charge in [0.1, 0.15) is 5.82 Å². The molecule has 0 aromatic heterocycles. The van der Waals surface area contributed by atoms with Crippen LogP contribution in [0.25, 0.3) is 0 Å². The largest absolute Gasteiger partial charge is 0.329 e. The lowest BCUT2D eigenvalue weighted by Crippen LogP contribution is -2.35. The van der Waals surface area contributed by atoms with Crippen molar-refractivity contribution in [1.82, 2.24) is 5.32 Å². The minimum absolute atomic E-state index is 0.0259. The second-order valence-electron chi connectivity index (χ2n) is 4.27. The van der Waals surface area contributed by atoms with E-state index in [9.17, 15) is 4.39 Å². The van der Waals surface area contributed by atoms with Crippen LogP contribution in [0.3, 0.4) is 0 Å². The van der Waals surface area contributed by atoms with E-state index in [1.807, 2.05) is 0 Å². The van der Waals surface area contributed by atoms with Gasteiger partial charge in [-0.25, -0.2) is 4.39 Å². The van der Waals surface area contributed by atoms with Crippen LogP contribution in [0.5, 0.6) is 0 Å². The zero-order chi connectivity index (χ0) is 12.3. The van der Waals surface area contributed by atoms with Crippen LogP contribution < -0.4 is 11.1 Å². The molecule has 1 aromatic rings. The maximum atomic E-state index is 13.1. The summed E-state index contributed by atoms with van der Waals surface area (Å²) in [6.45, 7) is 0.471. The summed E-state index contributed by atoms with van der Waals surface area (Å²) in [6, 6.07) is 5.21. The molecule has 1 unspecified atom stereocenters. The van der Waals surface area contributed by atoms with Gasteiger partial charge in [-0.1, -0.05) is 29.8 Å². The van der Waals surface area contributed by atoms with E-state index < -0.39 is 5.82 Å². The molecule has 2 rings (SSSR count). The van der Waals surface area contributed by atoms with E-state index in [1.165, 1.54) is 6.07 Å². The molecule has 3 N–H and O–H groups in total. The number of benzene rings is 1. The van der Waals surface area contributed by atoms with E-state index in [2.05, 4.69) is 17.5 Å². The van der Waals surface area contributed by atoms with Crippen molar-refractivity contribution in [2.24, 2.45) is 5.73 Å². The molecule has 0 bridgehead atoms. The molecule has 2 nitrogen and oxygen atoms in total. The Hall–Kier alpha value is -0.900. The molecule has 0 amide bonds. The van der Waals surface area contributed by atoms with Crippen LogP contribution in [-0.4, -0.2) is 12.6 Å². The highest BCUT2D eigenvalue weighted by Crippen LogP contribution is 2.22. The van der Waals surface area contributed by atoms with Crippen LogP contribution >= 0.6 is 11.6 Å². The summed E-state index contributed by atoms with van der Waals surface area (Å²) in [5, 5.41) is 3.61. The molecule has 1 aliphatic rings. The van der Waals surface area contributed by atoms with Crippen LogP contribution in [0.4, 0.5) is 4.39 Å². The summed E-state index contributed by atoms with van der Waals surface area (Å²) in [6.07, 6.45) is 6.35. The summed E-state index contributed by atoms with van der Waals surface area (Å²) in [7, 11) is 0. The lowest BCUT2D eigenvalue weighted by atomic mass is 10.1. The minimum atomic E-state index is -0.395. The third kappa shape index (κ3) is 3.06. The molecule has 0 heterocycles. The lowest BCUT2D eigenvalue weighted by molar-refractivity contribution is 0.453. The van der Waals surface area contributed by atoms with Gasteiger partial charge >= 0.3 is 0 Å². The van der Waals surface area contributed by atoms with E-state index in [-0.39, 0.29) is 11.1 Å². The van der Waals surface area contributed by atoms with Crippen molar-refractivity contribution in [3.63, 3.8) is 0 Å². The van der Waals surface area contributed by atoms with E-state index in [0.717, 1.165) is 18.4 Å². The van der Waals surface area contributed by atoms with Crippen molar-refractivity contribution in [2.75, 3.05) is 6.54 Å². The fourth-order valence-corrected chi connectivity index (χ4v) is 2.26. The first-order valence-corrected chi connectivity index (χ1v) is 6.14. The number of hydrogen-bond acceptors (Lipinski definition) is 2. The molecule has 1 atom stereocenters. The van der Waals surface area contributed by atoms with Crippen LogP contribution in [0.1, 0.15) is 24.4 Å². The average Bonchev–Trinajstić information content (AvgIpc) is 2.82. The molecule has 92 valence electrons. The normalized spacial score (nSPS) is 17.6. The van der Waals surface area contributed by atoms with Crippen LogP contribution in [0.2, 0.25) is 5.02 Å². The molecule has 0 saturated carbocycles. The smallest absolute Gasteiger partial charge is 0.141 e. The zero-order valence-corrected chi connectivity index (χ0v) is 10.3. The third-order valence-electron chi connectivity index (χ3n) is 3.03. The first kappa shape index (κ1) is 12.6. The van der Waals surface area contributed by atoms with Gasteiger partial charge in [-0.2, -0.15) is 0 Å². The standard InChI is InChI=1S/C13H16ClFN2/c14-11-7-9(5-6-12(11)15)13(8-16)17-10-3-1-2-4-10/h1-2,5-7,10,13,17H,3-4,8,16H2.